The van der Waals surface area contributed by atoms with Crippen molar-refractivity contribution in [3.05, 3.63) is 42.5 Å². The van der Waals surface area contributed by atoms with Gasteiger partial charge in [-0.15, -0.1) is 0 Å². The Balaban J connectivity index is 1.54. The number of halogens is 3. The Morgan fingerprint density at radius 2 is 2.11 bits per heavy atom. The summed E-state index contributed by atoms with van der Waals surface area (Å²) in [5.41, 5.74) is 3.98. The Hall–Kier alpha value is -2.48. The first kappa shape index (κ1) is 17.9. The van der Waals surface area contributed by atoms with Crippen molar-refractivity contribution in [3.8, 4) is 11.3 Å². The highest BCUT2D eigenvalue weighted by Crippen LogP contribution is 2.28. The average molecular weight is 375 g/mol. The summed E-state index contributed by atoms with van der Waals surface area (Å²) in [5.74, 6) is 0.152. The van der Waals surface area contributed by atoms with Gasteiger partial charge in [0.25, 0.3) is 0 Å². The zero-order valence-corrected chi connectivity index (χ0v) is 14.7. The van der Waals surface area contributed by atoms with Gasteiger partial charge >= 0.3 is 6.18 Å². The van der Waals surface area contributed by atoms with Gasteiger partial charge in [0.2, 0.25) is 0 Å². The molecule has 5 nitrogen and oxygen atoms in total. The molecule has 1 N–H and O–H groups in total. The number of fused-ring (bicyclic) bond motifs is 1. The van der Waals surface area contributed by atoms with E-state index in [4.69, 9.17) is 0 Å². The van der Waals surface area contributed by atoms with Gasteiger partial charge in [-0.1, -0.05) is 0 Å². The monoisotopic (exact) mass is 375 g/mol. The molecule has 0 amide bonds. The van der Waals surface area contributed by atoms with Crippen LogP contribution in [0.2, 0.25) is 0 Å². The lowest BCUT2D eigenvalue weighted by atomic mass is 9.91. The van der Waals surface area contributed by atoms with Crippen LogP contribution in [0.4, 0.5) is 13.2 Å². The number of aromatic amines is 1. The molecule has 4 rings (SSSR count). The van der Waals surface area contributed by atoms with Gasteiger partial charge in [0, 0.05) is 24.5 Å². The minimum absolute atomic E-state index is 0.152. The van der Waals surface area contributed by atoms with Crippen LogP contribution < -0.4 is 0 Å². The lowest BCUT2D eigenvalue weighted by Gasteiger charge is -2.33. The largest absolute Gasteiger partial charge is 0.401 e. The fraction of sp³-hybridized carbons (Fsp3) is 0.421. The Morgan fingerprint density at radius 3 is 2.96 bits per heavy atom. The molecule has 1 aliphatic rings. The van der Waals surface area contributed by atoms with Crippen molar-refractivity contribution >= 4 is 11.2 Å². The van der Waals surface area contributed by atoms with Crippen molar-refractivity contribution in [1.29, 1.82) is 0 Å². The molecule has 1 atom stereocenters. The summed E-state index contributed by atoms with van der Waals surface area (Å²) in [6.45, 7) is 0.104. The summed E-state index contributed by atoms with van der Waals surface area (Å²) < 4.78 is 38.1. The second-order valence-electron chi connectivity index (χ2n) is 7.03. The van der Waals surface area contributed by atoms with E-state index in [1.165, 1.54) is 4.90 Å². The quantitative estimate of drug-likeness (QED) is 0.753. The number of nitrogens with zero attached hydrogens (tertiary/aromatic N) is 4. The lowest BCUT2D eigenvalue weighted by Crippen LogP contribution is -2.41. The molecule has 0 unspecified atom stereocenters. The number of piperidine rings is 1. The third kappa shape index (κ3) is 4.27. The summed E-state index contributed by atoms with van der Waals surface area (Å²) >= 11 is 0. The molecule has 0 radical (unpaired) electrons. The first-order valence-corrected chi connectivity index (χ1v) is 9.01. The molecule has 8 heteroatoms. The SMILES string of the molecule is FC(F)(F)CN1CCC[C@H](Cc2ncccc2-c2cnc3[nH]ccc3n2)C1. The Bertz CT molecular complexity index is 921. The Morgan fingerprint density at radius 1 is 1.22 bits per heavy atom. The highest BCUT2D eigenvalue weighted by atomic mass is 19.4. The molecule has 0 saturated carbocycles. The van der Waals surface area contributed by atoms with Gasteiger partial charge in [0.1, 0.15) is 5.52 Å². The van der Waals surface area contributed by atoms with Gasteiger partial charge in [-0.2, -0.15) is 13.2 Å². The molecule has 1 saturated heterocycles. The molecule has 0 aromatic carbocycles. The molecule has 1 aliphatic heterocycles. The molecule has 4 heterocycles. The van der Waals surface area contributed by atoms with Crippen LogP contribution in [0.15, 0.2) is 36.8 Å². The number of likely N-dealkylation sites (tertiary alicyclic amines) is 1. The summed E-state index contributed by atoms with van der Waals surface area (Å²) in [6.07, 6.45) is 3.38. The van der Waals surface area contributed by atoms with Gasteiger partial charge < -0.3 is 4.98 Å². The molecule has 142 valence electrons. The smallest absolute Gasteiger partial charge is 0.345 e. The number of pyridine rings is 1. The highest BCUT2D eigenvalue weighted by Gasteiger charge is 2.33. The number of rotatable bonds is 4. The molecule has 27 heavy (non-hydrogen) atoms. The van der Waals surface area contributed by atoms with Gasteiger partial charge in [-0.05, 0) is 49.9 Å². The standard InChI is InChI=1S/C19H20F3N5/c20-19(21,22)12-27-8-2-3-13(11-27)9-16-14(4-1-6-23-16)17-10-25-18-15(26-17)5-7-24-18/h1,4-7,10,13H,2-3,8-9,11-12H2,(H,24,25)/t13-/m1/s1. The third-order valence-electron chi connectivity index (χ3n) is 4.91. The van der Waals surface area contributed by atoms with Gasteiger partial charge in [-0.25, -0.2) is 9.97 Å². The number of hydrogen-bond acceptors (Lipinski definition) is 4. The van der Waals surface area contributed by atoms with Crippen LogP contribution in [0, 0.1) is 5.92 Å². The minimum Gasteiger partial charge on any atom is -0.345 e. The van der Waals surface area contributed by atoms with Crippen LogP contribution in [-0.4, -0.2) is 50.6 Å². The van der Waals surface area contributed by atoms with E-state index >= 15 is 0 Å². The van der Waals surface area contributed by atoms with E-state index in [0.717, 1.165) is 41.0 Å². The maximum atomic E-state index is 12.7. The second-order valence-corrected chi connectivity index (χ2v) is 7.03. The van der Waals surface area contributed by atoms with Crippen molar-refractivity contribution in [2.24, 2.45) is 5.92 Å². The predicted octanol–water partition coefficient (Wildman–Crippen LogP) is 3.84. The average Bonchev–Trinajstić information content (AvgIpc) is 3.09. The van der Waals surface area contributed by atoms with E-state index < -0.39 is 12.7 Å². The van der Waals surface area contributed by atoms with Crippen molar-refractivity contribution < 1.29 is 13.2 Å². The van der Waals surface area contributed by atoms with Crippen LogP contribution in [0.1, 0.15) is 18.5 Å². The Labute approximate surface area is 154 Å². The molecule has 0 aliphatic carbocycles. The van der Waals surface area contributed by atoms with E-state index in [2.05, 4.69) is 19.9 Å². The first-order valence-electron chi connectivity index (χ1n) is 9.01. The number of alkyl halides is 3. The predicted molar refractivity (Wildman–Crippen MR) is 96.0 cm³/mol. The molecule has 0 spiro atoms. The van der Waals surface area contributed by atoms with Gasteiger partial charge in [0.15, 0.2) is 5.65 Å². The number of nitrogens with one attached hydrogen (secondary N) is 1. The van der Waals surface area contributed by atoms with E-state index in [9.17, 15) is 13.2 Å². The molecular weight excluding hydrogens is 355 g/mol. The van der Waals surface area contributed by atoms with Crippen LogP contribution in [0.25, 0.3) is 22.4 Å². The van der Waals surface area contributed by atoms with Crippen LogP contribution in [-0.2, 0) is 6.42 Å². The maximum Gasteiger partial charge on any atom is 0.401 e. The zero-order chi connectivity index (χ0) is 18.9. The molecule has 3 aromatic rings. The van der Waals surface area contributed by atoms with E-state index in [1.807, 2.05) is 18.2 Å². The van der Waals surface area contributed by atoms with Gasteiger partial charge in [-0.3, -0.25) is 9.88 Å². The molecular formula is C19H20F3N5. The molecule has 1 fully saturated rings. The summed E-state index contributed by atoms with van der Waals surface area (Å²) in [6, 6.07) is 5.65. The Kier molecular flexibility index (Phi) is 4.82. The topological polar surface area (TPSA) is 57.7 Å². The normalized spacial score (nSPS) is 18.9. The number of aromatic nitrogens is 4. The van der Waals surface area contributed by atoms with Crippen molar-refractivity contribution in [3.63, 3.8) is 0 Å². The maximum absolute atomic E-state index is 12.7. The fourth-order valence-electron chi connectivity index (χ4n) is 3.78. The van der Waals surface area contributed by atoms with E-state index in [-0.39, 0.29) is 5.92 Å². The number of H-pyrrole nitrogens is 1. The van der Waals surface area contributed by atoms with Gasteiger partial charge in [0.05, 0.1) is 24.1 Å². The third-order valence-corrected chi connectivity index (χ3v) is 4.91. The highest BCUT2D eigenvalue weighted by molar-refractivity contribution is 5.74. The van der Waals surface area contributed by atoms with E-state index in [1.54, 1.807) is 18.6 Å². The van der Waals surface area contributed by atoms with Crippen molar-refractivity contribution in [2.45, 2.75) is 25.4 Å². The fourth-order valence-corrected chi connectivity index (χ4v) is 3.78. The summed E-state index contributed by atoms with van der Waals surface area (Å²) in [4.78, 5) is 18.0. The van der Waals surface area contributed by atoms with Crippen molar-refractivity contribution in [1.82, 2.24) is 24.8 Å². The molecule has 3 aromatic heterocycles. The zero-order valence-electron chi connectivity index (χ0n) is 14.7. The number of hydrogen-bond donors (Lipinski definition) is 1. The lowest BCUT2D eigenvalue weighted by molar-refractivity contribution is -0.149. The first-order chi connectivity index (χ1) is 13.0. The van der Waals surface area contributed by atoms with Crippen LogP contribution >= 0.6 is 0 Å². The van der Waals surface area contributed by atoms with Crippen LogP contribution in [0.5, 0.6) is 0 Å². The second kappa shape index (κ2) is 7.26. The van der Waals surface area contributed by atoms with Crippen molar-refractivity contribution in [2.75, 3.05) is 19.6 Å². The summed E-state index contributed by atoms with van der Waals surface area (Å²) in [5, 5.41) is 0. The minimum atomic E-state index is -4.15. The van der Waals surface area contributed by atoms with Crippen LogP contribution in [0.3, 0.4) is 0 Å². The molecule has 0 bridgehead atoms. The van der Waals surface area contributed by atoms with E-state index in [0.29, 0.717) is 19.5 Å². The summed E-state index contributed by atoms with van der Waals surface area (Å²) in [7, 11) is 0.